The Kier molecular flexibility index (Phi) is 5.35. The van der Waals surface area contributed by atoms with Crippen LogP contribution in [0.2, 0.25) is 0 Å². The van der Waals surface area contributed by atoms with E-state index in [0.29, 0.717) is 0 Å². The lowest BCUT2D eigenvalue weighted by atomic mass is 10.2. The Bertz CT molecular complexity index is 612. The highest BCUT2D eigenvalue weighted by Crippen LogP contribution is 2.27. The average molecular weight is 294 g/mol. The van der Waals surface area contributed by atoms with Gasteiger partial charge in [-0.15, -0.1) is 0 Å². The molecule has 0 aliphatic rings. The molecule has 0 aliphatic carbocycles. The standard InChI is InChI=1S/C12H14N4O5/c1-3-21-12(18)11(7(2)13)15-14-9-5-4-8(16(19)20)6-10(9)17/h4-6,13-14,17H,3H2,1-2H3/b13-7?,15-11-. The number of hydrogen-bond donors (Lipinski definition) is 3. The first-order valence-electron chi connectivity index (χ1n) is 5.90. The number of hydrogen-bond acceptors (Lipinski definition) is 8. The molecule has 9 nitrogen and oxygen atoms in total. The Morgan fingerprint density at radius 2 is 2.24 bits per heavy atom. The van der Waals surface area contributed by atoms with Crippen molar-refractivity contribution >= 4 is 28.8 Å². The van der Waals surface area contributed by atoms with Crippen LogP contribution in [0, 0.1) is 15.5 Å². The summed E-state index contributed by atoms with van der Waals surface area (Å²) < 4.78 is 4.73. The molecular formula is C12H14N4O5. The van der Waals surface area contributed by atoms with E-state index in [9.17, 15) is 20.0 Å². The number of nitrogens with zero attached hydrogens (tertiary/aromatic N) is 2. The molecule has 0 aromatic heterocycles. The number of carbonyl (C=O) groups is 1. The van der Waals surface area contributed by atoms with E-state index in [1.165, 1.54) is 19.1 Å². The van der Waals surface area contributed by atoms with Crippen LogP contribution >= 0.6 is 0 Å². The van der Waals surface area contributed by atoms with Gasteiger partial charge in [-0.05, 0) is 19.9 Å². The molecular weight excluding hydrogens is 280 g/mol. The highest BCUT2D eigenvalue weighted by Gasteiger charge is 2.16. The van der Waals surface area contributed by atoms with Gasteiger partial charge in [-0.3, -0.25) is 15.5 Å². The summed E-state index contributed by atoms with van der Waals surface area (Å²) in [6.45, 7) is 3.10. The fraction of sp³-hybridized carbons (Fsp3) is 0.250. The van der Waals surface area contributed by atoms with Crippen LogP contribution < -0.4 is 5.43 Å². The van der Waals surface area contributed by atoms with E-state index < -0.39 is 16.6 Å². The number of carbonyl (C=O) groups excluding carboxylic acids is 1. The number of aromatic hydroxyl groups is 1. The smallest absolute Gasteiger partial charge is 0.360 e. The van der Waals surface area contributed by atoms with Gasteiger partial charge in [0.1, 0.15) is 5.75 Å². The molecule has 1 aromatic carbocycles. The molecule has 1 aromatic rings. The van der Waals surface area contributed by atoms with E-state index >= 15 is 0 Å². The van der Waals surface area contributed by atoms with E-state index in [4.69, 9.17) is 10.1 Å². The number of hydrazone groups is 1. The molecule has 0 bridgehead atoms. The summed E-state index contributed by atoms with van der Waals surface area (Å²) in [5, 5.41) is 31.3. The van der Waals surface area contributed by atoms with E-state index in [1.807, 2.05) is 0 Å². The Hall–Kier alpha value is -2.97. The third kappa shape index (κ3) is 4.27. The molecule has 9 heteroatoms. The average Bonchev–Trinajstić information content (AvgIpc) is 2.40. The molecule has 0 saturated heterocycles. The van der Waals surface area contributed by atoms with Crippen LogP contribution in [-0.4, -0.2) is 34.0 Å². The fourth-order valence-corrected chi connectivity index (χ4v) is 1.33. The number of non-ortho nitro benzene ring substituents is 1. The van der Waals surface area contributed by atoms with E-state index in [0.717, 1.165) is 6.07 Å². The zero-order valence-electron chi connectivity index (χ0n) is 11.4. The van der Waals surface area contributed by atoms with Gasteiger partial charge in [0.15, 0.2) is 5.71 Å². The number of phenols is 1. The molecule has 0 unspecified atom stereocenters. The Labute approximate surface area is 119 Å². The lowest BCUT2D eigenvalue weighted by Crippen LogP contribution is -2.25. The van der Waals surface area contributed by atoms with Crippen molar-refractivity contribution in [1.29, 1.82) is 5.41 Å². The topological polar surface area (TPSA) is 138 Å². The molecule has 0 radical (unpaired) electrons. The van der Waals surface area contributed by atoms with Gasteiger partial charge in [0, 0.05) is 6.07 Å². The summed E-state index contributed by atoms with van der Waals surface area (Å²) in [4.78, 5) is 21.4. The van der Waals surface area contributed by atoms with Gasteiger partial charge in [-0.25, -0.2) is 4.79 Å². The molecule has 0 atom stereocenters. The van der Waals surface area contributed by atoms with Gasteiger partial charge < -0.3 is 15.3 Å². The molecule has 0 fully saturated rings. The first-order valence-corrected chi connectivity index (χ1v) is 5.90. The van der Waals surface area contributed by atoms with Crippen molar-refractivity contribution in [2.75, 3.05) is 12.0 Å². The summed E-state index contributed by atoms with van der Waals surface area (Å²) in [6, 6.07) is 3.34. The third-order valence-electron chi connectivity index (χ3n) is 2.30. The maximum absolute atomic E-state index is 11.5. The van der Waals surface area contributed by atoms with Crippen LogP contribution in [-0.2, 0) is 9.53 Å². The van der Waals surface area contributed by atoms with Crippen LogP contribution in [0.3, 0.4) is 0 Å². The van der Waals surface area contributed by atoms with Crippen molar-refractivity contribution in [1.82, 2.24) is 0 Å². The van der Waals surface area contributed by atoms with Crippen molar-refractivity contribution in [3.63, 3.8) is 0 Å². The Balaban J connectivity index is 2.98. The summed E-state index contributed by atoms with van der Waals surface area (Å²) in [6.07, 6.45) is 0. The minimum Gasteiger partial charge on any atom is -0.505 e. The molecule has 0 saturated carbocycles. The fourth-order valence-electron chi connectivity index (χ4n) is 1.33. The van der Waals surface area contributed by atoms with E-state index in [2.05, 4.69) is 10.5 Å². The number of esters is 1. The molecule has 0 spiro atoms. The van der Waals surface area contributed by atoms with Crippen molar-refractivity contribution in [3.8, 4) is 5.75 Å². The normalized spacial score (nSPS) is 10.9. The predicted molar refractivity (Wildman–Crippen MR) is 75.9 cm³/mol. The highest BCUT2D eigenvalue weighted by atomic mass is 16.6. The lowest BCUT2D eigenvalue weighted by molar-refractivity contribution is -0.384. The number of nitro benzene ring substituents is 1. The highest BCUT2D eigenvalue weighted by molar-refractivity contribution is 6.64. The quantitative estimate of drug-likeness (QED) is 0.240. The molecule has 0 aliphatic heterocycles. The first kappa shape index (κ1) is 16.1. The summed E-state index contributed by atoms with van der Waals surface area (Å²) in [5.41, 5.74) is 1.77. The van der Waals surface area contributed by atoms with Crippen molar-refractivity contribution < 1.29 is 19.6 Å². The van der Waals surface area contributed by atoms with Gasteiger partial charge in [0.05, 0.1) is 29.0 Å². The SMILES string of the molecule is CCOC(=O)/C(=N\Nc1ccc([N+](=O)[O-])cc1O)C(C)=N. The predicted octanol–water partition coefficient (Wildman–Crippen LogP) is 1.67. The summed E-state index contributed by atoms with van der Waals surface area (Å²) >= 11 is 0. The van der Waals surface area contributed by atoms with Gasteiger partial charge in [0.2, 0.25) is 0 Å². The van der Waals surface area contributed by atoms with Crippen LogP contribution in [0.1, 0.15) is 13.8 Å². The van der Waals surface area contributed by atoms with Gasteiger partial charge >= 0.3 is 5.97 Å². The second-order valence-corrected chi connectivity index (χ2v) is 3.88. The van der Waals surface area contributed by atoms with Gasteiger partial charge in [-0.1, -0.05) is 0 Å². The monoisotopic (exact) mass is 294 g/mol. The van der Waals surface area contributed by atoms with Crippen molar-refractivity contribution in [2.24, 2.45) is 5.10 Å². The number of nitro groups is 1. The third-order valence-corrected chi connectivity index (χ3v) is 2.30. The molecule has 112 valence electrons. The molecule has 1 rings (SSSR count). The molecule has 3 N–H and O–H groups in total. The van der Waals surface area contributed by atoms with Crippen LogP contribution in [0.4, 0.5) is 11.4 Å². The largest absolute Gasteiger partial charge is 0.505 e. The number of nitrogens with one attached hydrogen (secondary N) is 2. The van der Waals surface area contributed by atoms with Gasteiger partial charge in [0.25, 0.3) is 5.69 Å². The maximum atomic E-state index is 11.5. The molecule has 0 amide bonds. The zero-order chi connectivity index (χ0) is 16.0. The summed E-state index contributed by atoms with van der Waals surface area (Å²) in [5.74, 6) is -1.18. The van der Waals surface area contributed by atoms with Crippen molar-refractivity contribution in [2.45, 2.75) is 13.8 Å². The Morgan fingerprint density at radius 1 is 1.57 bits per heavy atom. The van der Waals surface area contributed by atoms with Gasteiger partial charge in [-0.2, -0.15) is 5.10 Å². The number of rotatable bonds is 6. The van der Waals surface area contributed by atoms with Crippen molar-refractivity contribution in [3.05, 3.63) is 28.3 Å². The first-order chi connectivity index (χ1) is 9.86. The van der Waals surface area contributed by atoms with E-state index in [1.54, 1.807) is 6.92 Å². The van der Waals surface area contributed by atoms with Crippen LogP contribution in [0.25, 0.3) is 0 Å². The Morgan fingerprint density at radius 3 is 2.71 bits per heavy atom. The zero-order valence-corrected chi connectivity index (χ0v) is 11.4. The second kappa shape index (κ2) is 6.98. The van der Waals surface area contributed by atoms with E-state index in [-0.39, 0.29) is 29.4 Å². The van der Waals surface area contributed by atoms with Crippen LogP contribution in [0.5, 0.6) is 5.75 Å². The minimum absolute atomic E-state index is 0.0589. The number of benzene rings is 1. The number of ether oxygens (including phenoxy) is 1. The summed E-state index contributed by atoms with van der Waals surface area (Å²) in [7, 11) is 0. The molecule has 0 heterocycles. The molecule has 21 heavy (non-hydrogen) atoms. The minimum atomic E-state index is -0.779. The second-order valence-electron chi connectivity index (χ2n) is 3.88. The van der Waals surface area contributed by atoms with Crippen LogP contribution in [0.15, 0.2) is 23.3 Å². The number of anilines is 1. The number of phenolic OH excluding ortho intramolecular Hbond substituents is 1. The maximum Gasteiger partial charge on any atom is 0.360 e. The lowest BCUT2D eigenvalue weighted by Gasteiger charge is -2.07.